The van der Waals surface area contributed by atoms with Crippen LogP contribution in [0.3, 0.4) is 0 Å². The lowest BCUT2D eigenvalue weighted by Crippen LogP contribution is -2.44. The van der Waals surface area contributed by atoms with Crippen LogP contribution in [-0.4, -0.2) is 12.1 Å². The maximum atomic E-state index is 12.6. The van der Waals surface area contributed by atoms with Crippen molar-refractivity contribution >= 4 is 0 Å². The second kappa shape index (κ2) is 6.14. The van der Waals surface area contributed by atoms with Crippen molar-refractivity contribution in [1.29, 1.82) is 5.26 Å². The van der Waals surface area contributed by atoms with Crippen LogP contribution in [0.1, 0.15) is 37.8 Å². The lowest BCUT2D eigenvalue weighted by molar-refractivity contribution is -0.137. The van der Waals surface area contributed by atoms with Gasteiger partial charge in [-0.25, -0.2) is 0 Å². The van der Waals surface area contributed by atoms with Crippen LogP contribution in [0.5, 0.6) is 5.75 Å². The lowest BCUT2D eigenvalue weighted by Gasteiger charge is -2.26. The zero-order valence-corrected chi connectivity index (χ0v) is 11.4. The highest BCUT2D eigenvalue weighted by Crippen LogP contribution is 2.33. The predicted molar refractivity (Wildman–Crippen MR) is 69.2 cm³/mol. The maximum absolute atomic E-state index is 12.6. The van der Waals surface area contributed by atoms with Crippen molar-refractivity contribution in [2.45, 2.75) is 38.4 Å². The molecule has 0 saturated heterocycles. The molecule has 2 N–H and O–H groups in total. The van der Waals surface area contributed by atoms with E-state index < -0.39 is 22.8 Å². The Morgan fingerprint density at radius 3 is 2.30 bits per heavy atom. The third-order valence-electron chi connectivity index (χ3n) is 3.35. The molecule has 0 heterocycles. The molecule has 0 aliphatic heterocycles. The third-order valence-corrected chi connectivity index (χ3v) is 3.35. The molecule has 0 radical (unpaired) electrons. The van der Waals surface area contributed by atoms with E-state index in [1.165, 1.54) is 12.1 Å². The molecule has 3 nitrogen and oxygen atoms in total. The van der Waals surface area contributed by atoms with E-state index in [0.717, 1.165) is 12.1 Å². The summed E-state index contributed by atoms with van der Waals surface area (Å²) in [6, 6.07) is 4.68. The minimum Gasteiger partial charge on any atom is -0.492 e. The van der Waals surface area contributed by atoms with Gasteiger partial charge in [0.2, 0.25) is 0 Å². The van der Waals surface area contributed by atoms with Gasteiger partial charge in [-0.2, -0.15) is 18.4 Å². The standard InChI is InChI=1S/C14H17F3N2O/c1-3-13(19,4-2)9-20-11-5-6-12(14(15,16)17)10(7-11)8-18/h5-7H,3-4,9,19H2,1-2H3. The van der Waals surface area contributed by atoms with Crippen LogP contribution in [0.25, 0.3) is 0 Å². The van der Waals surface area contributed by atoms with Crippen molar-refractivity contribution in [2.24, 2.45) is 5.73 Å². The molecule has 1 aromatic rings. The Balaban J connectivity index is 2.93. The van der Waals surface area contributed by atoms with Gasteiger partial charge in [-0.1, -0.05) is 13.8 Å². The van der Waals surface area contributed by atoms with Gasteiger partial charge in [-0.15, -0.1) is 0 Å². The Morgan fingerprint density at radius 1 is 1.25 bits per heavy atom. The van der Waals surface area contributed by atoms with E-state index in [4.69, 9.17) is 15.7 Å². The summed E-state index contributed by atoms with van der Waals surface area (Å²) >= 11 is 0. The number of nitriles is 1. The topological polar surface area (TPSA) is 59.0 Å². The zero-order chi connectivity index (χ0) is 15.4. The second-order valence-corrected chi connectivity index (χ2v) is 4.68. The number of alkyl halides is 3. The first-order valence-electron chi connectivity index (χ1n) is 6.28. The average Bonchev–Trinajstić information content (AvgIpc) is 2.43. The Kier molecular flexibility index (Phi) is 5.01. The van der Waals surface area contributed by atoms with Crippen LogP contribution in [0.2, 0.25) is 0 Å². The number of rotatable bonds is 5. The highest BCUT2D eigenvalue weighted by molar-refractivity contribution is 5.44. The molecule has 0 saturated carbocycles. The summed E-state index contributed by atoms with van der Waals surface area (Å²) < 4.78 is 43.3. The van der Waals surface area contributed by atoms with E-state index in [1.54, 1.807) is 0 Å². The summed E-state index contributed by atoms with van der Waals surface area (Å²) in [7, 11) is 0. The average molecular weight is 286 g/mol. The highest BCUT2D eigenvalue weighted by Gasteiger charge is 2.33. The first-order valence-corrected chi connectivity index (χ1v) is 6.28. The van der Waals surface area contributed by atoms with E-state index >= 15 is 0 Å². The molecule has 20 heavy (non-hydrogen) atoms. The third kappa shape index (κ3) is 3.87. The van der Waals surface area contributed by atoms with Crippen molar-refractivity contribution in [2.75, 3.05) is 6.61 Å². The number of nitrogens with zero attached hydrogens (tertiary/aromatic N) is 1. The fraction of sp³-hybridized carbons (Fsp3) is 0.500. The molecule has 0 aliphatic rings. The van der Waals surface area contributed by atoms with Gasteiger partial charge in [-0.3, -0.25) is 0 Å². The van der Waals surface area contributed by atoms with E-state index in [0.29, 0.717) is 12.8 Å². The number of halogens is 3. The van der Waals surface area contributed by atoms with Gasteiger partial charge in [0.15, 0.2) is 0 Å². The van der Waals surface area contributed by atoms with Crippen LogP contribution in [-0.2, 0) is 6.18 Å². The van der Waals surface area contributed by atoms with Crippen molar-refractivity contribution < 1.29 is 17.9 Å². The molecule has 0 aromatic heterocycles. The molecule has 1 aromatic carbocycles. The fourth-order valence-electron chi connectivity index (χ4n) is 1.63. The first kappa shape index (κ1) is 16.3. The van der Waals surface area contributed by atoms with E-state index in [1.807, 2.05) is 13.8 Å². The van der Waals surface area contributed by atoms with Crippen molar-refractivity contribution in [3.05, 3.63) is 29.3 Å². The quantitative estimate of drug-likeness (QED) is 0.901. The summed E-state index contributed by atoms with van der Waals surface area (Å²) in [5.41, 5.74) is 4.11. The Hall–Kier alpha value is -1.74. The van der Waals surface area contributed by atoms with E-state index in [-0.39, 0.29) is 12.4 Å². The smallest absolute Gasteiger partial charge is 0.417 e. The molecule has 0 spiro atoms. The minimum absolute atomic E-state index is 0.191. The van der Waals surface area contributed by atoms with Gasteiger partial charge in [-0.05, 0) is 31.0 Å². The SMILES string of the molecule is CCC(N)(CC)COc1ccc(C(F)(F)F)c(C#N)c1. The zero-order valence-electron chi connectivity index (χ0n) is 11.4. The monoisotopic (exact) mass is 286 g/mol. The van der Waals surface area contributed by atoms with E-state index in [9.17, 15) is 13.2 Å². The van der Waals surface area contributed by atoms with Gasteiger partial charge in [0.05, 0.1) is 17.2 Å². The van der Waals surface area contributed by atoms with Crippen LogP contribution in [0.4, 0.5) is 13.2 Å². The molecule has 6 heteroatoms. The van der Waals surface area contributed by atoms with Gasteiger partial charge in [0.25, 0.3) is 0 Å². The van der Waals surface area contributed by atoms with Gasteiger partial charge in [0, 0.05) is 5.54 Å². The number of ether oxygens (including phenoxy) is 1. The fourth-order valence-corrected chi connectivity index (χ4v) is 1.63. The van der Waals surface area contributed by atoms with Gasteiger partial charge in [0.1, 0.15) is 12.4 Å². The molecule has 1 rings (SSSR count). The summed E-state index contributed by atoms with van der Waals surface area (Å²) in [6.45, 7) is 4.02. The molecule has 0 atom stereocenters. The molecular formula is C14H17F3N2O. The van der Waals surface area contributed by atoms with Crippen LogP contribution < -0.4 is 10.5 Å². The van der Waals surface area contributed by atoms with Crippen molar-refractivity contribution in [3.63, 3.8) is 0 Å². The molecule has 0 amide bonds. The molecule has 0 bridgehead atoms. The summed E-state index contributed by atoms with van der Waals surface area (Å²) in [5.74, 6) is 0.214. The second-order valence-electron chi connectivity index (χ2n) is 4.68. The largest absolute Gasteiger partial charge is 0.492 e. The summed E-state index contributed by atoms with van der Waals surface area (Å²) in [4.78, 5) is 0. The Labute approximate surface area is 116 Å². The first-order chi connectivity index (χ1) is 9.25. The molecular weight excluding hydrogens is 269 g/mol. The van der Waals surface area contributed by atoms with Gasteiger partial charge < -0.3 is 10.5 Å². The molecule has 0 aliphatic carbocycles. The summed E-state index contributed by atoms with van der Waals surface area (Å²) in [6.07, 6.45) is -3.17. The molecule has 110 valence electrons. The van der Waals surface area contributed by atoms with Crippen molar-refractivity contribution in [3.8, 4) is 11.8 Å². The van der Waals surface area contributed by atoms with Crippen molar-refractivity contribution in [1.82, 2.24) is 0 Å². The van der Waals surface area contributed by atoms with Crippen LogP contribution in [0, 0.1) is 11.3 Å². The molecule has 0 fully saturated rings. The predicted octanol–water partition coefficient (Wildman–Crippen LogP) is 3.47. The van der Waals surface area contributed by atoms with E-state index in [2.05, 4.69) is 0 Å². The number of hydrogen-bond acceptors (Lipinski definition) is 3. The highest BCUT2D eigenvalue weighted by atomic mass is 19.4. The minimum atomic E-state index is -4.55. The lowest BCUT2D eigenvalue weighted by atomic mass is 9.95. The van der Waals surface area contributed by atoms with Gasteiger partial charge >= 0.3 is 6.18 Å². The van der Waals surface area contributed by atoms with Crippen LogP contribution >= 0.6 is 0 Å². The van der Waals surface area contributed by atoms with Crippen LogP contribution in [0.15, 0.2) is 18.2 Å². The Morgan fingerprint density at radius 2 is 1.85 bits per heavy atom. The summed E-state index contributed by atoms with van der Waals surface area (Å²) in [5, 5.41) is 8.80. The normalized spacial score (nSPS) is 12.1. The number of hydrogen-bond donors (Lipinski definition) is 1. The maximum Gasteiger partial charge on any atom is 0.417 e. The Bertz CT molecular complexity index is 502. The number of nitrogens with two attached hydrogens (primary N) is 1. The number of benzene rings is 1. The molecule has 0 unspecified atom stereocenters.